The summed E-state index contributed by atoms with van der Waals surface area (Å²) in [4.78, 5) is 44.1. The Bertz CT molecular complexity index is 1260. The smallest absolute Gasteiger partial charge is 0.303 e. The molecule has 3 atom stereocenters. The van der Waals surface area contributed by atoms with E-state index in [0.717, 1.165) is 18.4 Å². The van der Waals surface area contributed by atoms with Crippen LogP contribution in [-0.2, 0) is 32.6 Å². The van der Waals surface area contributed by atoms with Crippen LogP contribution >= 0.6 is 0 Å². The number of ether oxygens (including phenoxy) is 1. The Kier molecular flexibility index (Phi) is 5.97. The van der Waals surface area contributed by atoms with Crippen LogP contribution in [0, 0.1) is 17.7 Å². The predicted octanol–water partition coefficient (Wildman–Crippen LogP) is 3.63. The molecule has 2 amide bonds. The molecule has 3 aliphatic rings. The molecule has 190 valence electrons. The maximum atomic E-state index is 15.0. The van der Waals surface area contributed by atoms with E-state index in [9.17, 15) is 14.4 Å². The topological polar surface area (TPSA) is 109 Å². The Hall–Kier alpha value is -3.49. The highest BCUT2D eigenvalue weighted by Gasteiger charge is 2.49. The number of aliphatic carboxylic acids is 1. The van der Waals surface area contributed by atoms with Crippen molar-refractivity contribution < 1.29 is 28.6 Å². The maximum absolute atomic E-state index is 15.0. The minimum atomic E-state index is -0.960. The predicted molar refractivity (Wildman–Crippen MR) is 129 cm³/mol. The molecule has 5 rings (SSSR count). The van der Waals surface area contributed by atoms with E-state index < -0.39 is 23.8 Å². The van der Waals surface area contributed by atoms with Crippen molar-refractivity contribution >= 4 is 23.5 Å². The minimum absolute atomic E-state index is 0.0683. The minimum Gasteiger partial charge on any atom is -0.481 e. The lowest BCUT2D eigenvalue weighted by Crippen LogP contribution is -2.46. The van der Waals surface area contributed by atoms with Gasteiger partial charge in [-0.25, -0.2) is 9.37 Å². The van der Waals surface area contributed by atoms with Crippen LogP contribution in [0.2, 0.25) is 0 Å². The first-order chi connectivity index (χ1) is 17.1. The van der Waals surface area contributed by atoms with Crippen LogP contribution in [-0.4, -0.2) is 46.4 Å². The van der Waals surface area contributed by atoms with E-state index in [2.05, 4.69) is 10.3 Å². The molecular weight excluding hydrogens is 465 g/mol. The Balaban J connectivity index is 1.45. The van der Waals surface area contributed by atoms with Crippen LogP contribution in [0.25, 0.3) is 0 Å². The number of nitrogens with zero attached hydrogens (tertiary/aromatic N) is 2. The normalized spacial score (nSPS) is 23.4. The van der Waals surface area contributed by atoms with Crippen LogP contribution in [0.3, 0.4) is 0 Å². The summed E-state index contributed by atoms with van der Waals surface area (Å²) in [6.45, 7) is 4.30. The Morgan fingerprint density at radius 2 is 2.03 bits per heavy atom. The number of carbonyl (C=O) groups excluding carboxylic acids is 2. The summed E-state index contributed by atoms with van der Waals surface area (Å²) in [5.74, 6) is -2.19. The molecule has 2 aliphatic carbocycles. The van der Waals surface area contributed by atoms with Gasteiger partial charge in [-0.15, -0.1) is 0 Å². The number of halogens is 1. The van der Waals surface area contributed by atoms with Gasteiger partial charge < -0.3 is 20.1 Å². The summed E-state index contributed by atoms with van der Waals surface area (Å²) in [6, 6.07) is 5.58. The number of aryl methyl sites for hydroxylation is 1. The van der Waals surface area contributed by atoms with E-state index in [0.29, 0.717) is 41.2 Å². The number of methoxy groups -OCH3 is 1. The van der Waals surface area contributed by atoms with E-state index in [-0.39, 0.29) is 36.0 Å². The lowest BCUT2D eigenvalue weighted by atomic mass is 9.86. The van der Waals surface area contributed by atoms with Crippen LogP contribution in [0.1, 0.15) is 61.5 Å². The summed E-state index contributed by atoms with van der Waals surface area (Å²) < 4.78 is 20.3. The number of pyridine rings is 1. The van der Waals surface area contributed by atoms with E-state index in [1.54, 1.807) is 12.1 Å². The van der Waals surface area contributed by atoms with Gasteiger partial charge in [-0.1, -0.05) is 13.8 Å². The Morgan fingerprint density at radius 3 is 2.75 bits per heavy atom. The zero-order chi connectivity index (χ0) is 25.8. The highest BCUT2D eigenvalue weighted by Crippen LogP contribution is 2.45. The van der Waals surface area contributed by atoms with E-state index in [1.807, 2.05) is 19.9 Å². The molecule has 36 heavy (non-hydrogen) atoms. The highest BCUT2D eigenvalue weighted by molar-refractivity contribution is 5.99. The quantitative estimate of drug-likeness (QED) is 0.634. The number of carboxylic acids is 1. The summed E-state index contributed by atoms with van der Waals surface area (Å²) >= 11 is 0. The van der Waals surface area contributed by atoms with Crippen molar-refractivity contribution in [2.75, 3.05) is 19.0 Å². The van der Waals surface area contributed by atoms with Crippen molar-refractivity contribution in [1.29, 1.82) is 0 Å². The molecule has 0 bridgehead atoms. The fourth-order valence-electron chi connectivity index (χ4n) is 5.79. The number of nitrogens with one attached hydrogen (secondary N) is 1. The molecule has 8 nitrogen and oxygen atoms in total. The van der Waals surface area contributed by atoms with Gasteiger partial charge in [0.05, 0.1) is 12.8 Å². The summed E-state index contributed by atoms with van der Waals surface area (Å²) in [7, 11) is 1.51. The number of rotatable bonds is 6. The van der Waals surface area contributed by atoms with Crippen LogP contribution < -0.4 is 10.1 Å². The zero-order valence-electron chi connectivity index (χ0n) is 20.6. The van der Waals surface area contributed by atoms with Crippen LogP contribution in [0.4, 0.5) is 10.1 Å². The highest BCUT2D eigenvalue weighted by atomic mass is 19.1. The van der Waals surface area contributed by atoms with Crippen molar-refractivity contribution in [2.24, 2.45) is 11.8 Å². The molecule has 1 aliphatic heterocycles. The molecule has 9 heteroatoms. The molecular formula is C27H30FN3O5. The molecule has 1 fully saturated rings. The van der Waals surface area contributed by atoms with Crippen LogP contribution in [0.15, 0.2) is 24.3 Å². The average molecular weight is 496 g/mol. The summed E-state index contributed by atoms with van der Waals surface area (Å²) in [6.07, 6.45) is 2.44. The third-order valence-corrected chi connectivity index (χ3v) is 7.73. The molecule has 1 unspecified atom stereocenters. The van der Waals surface area contributed by atoms with E-state index >= 15 is 4.39 Å². The molecule has 1 saturated carbocycles. The van der Waals surface area contributed by atoms with Gasteiger partial charge in [-0.3, -0.25) is 14.4 Å². The number of carbonyl (C=O) groups is 3. The van der Waals surface area contributed by atoms with Gasteiger partial charge in [0.2, 0.25) is 11.8 Å². The van der Waals surface area contributed by atoms with Crippen LogP contribution in [0.5, 0.6) is 5.88 Å². The number of amides is 2. The van der Waals surface area contributed by atoms with Crippen molar-refractivity contribution in [3.63, 3.8) is 0 Å². The Labute approximate surface area is 208 Å². The molecule has 1 aromatic heterocycles. The van der Waals surface area contributed by atoms with Gasteiger partial charge in [-0.2, -0.15) is 0 Å². The Morgan fingerprint density at radius 1 is 1.25 bits per heavy atom. The zero-order valence-corrected chi connectivity index (χ0v) is 20.6. The fraction of sp³-hybridized carbons (Fsp3) is 0.481. The lowest BCUT2D eigenvalue weighted by molar-refractivity contribution is -0.141. The van der Waals surface area contributed by atoms with Gasteiger partial charge in [0.25, 0.3) is 5.91 Å². The number of anilines is 1. The molecule has 2 heterocycles. The van der Waals surface area contributed by atoms with E-state index in [4.69, 9.17) is 9.84 Å². The number of carboxylic acid groups (broad SMARTS) is 1. The van der Waals surface area contributed by atoms with Crippen molar-refractivity contribution in [1.82, 2.24) is 9.88 Å². The van der Waals surface area contributed by atoms with Gasteiger partial charge in [0.15, 0.2) is 0 Å². The van der Waals surface area contributed by atoms with Gasteiger partial charge >= 0.3 is 5.97 Å². The first kappa shape index (κ1) is 24.2. The second-order valence-electron chi connectivity index (χ2n) is 10.6. The second-order valence-corrected chi connectivity index (χ2v) is 10.6. The molecule has 0 saturated heterocycles. The standard InChI is InChI=1S/C27H30FN3O5/c1-27(2)8-6-14-10-16(13-19(28)23(14)27)29-25(34)24-17-4-5-21(36-3)30-20(17)7-9-31(24)26(35)18-11-15(18)12-22(32)33/h4-5,10,13,15,18,24H,6-9,11-12H2,1-3H3,(H,29,34)(H,32,33)/t15-,18+,24?/m1/s1. The maximum Gasteiger partial charge on any atom is 0.303 e. The third-order valence-electron chi connectivity index (χ3n) is 7.73. The SMILES string of the molecule is COc1ccc2c(n1)CCN(C(=O)[C@H]1C[C@@H]1CC(=O)O)C2C(=O)Nc1cc(F)c2c(c1)CCC2(C)C. The molecule has 2 N–H and O–H groups in total. The molecule has 0 radical (unpaired) electrons. The van der Waals surface area contributed by atoms with Gasteiger partial charge in [-0.05, 0) is 59.9 Å². The first-order valence-electron chi connectivity index (χ1n) is 12.3. The molecule has 0 spiro atoms. The number of hydrogen-bond acceptors (Lipinski definition) is 5. The first-order valence-corrected chi connectivity index (χ1v) is 12.3. The van der Waals surface area contributed by atoms with Gasteiger partial charge in [0.1, 0.15) is 11.9 Å². The van der Waals surface area contributed by atoms with Crippen molar-refractivity contribution in [2.45, 2.75) is 57.4 Å². The molecule has 2 aromatic rings. The monoisotopic (exact) mass is 495 g/mol. The number of hydrogen-bond donors (Lipinski definition) is 2. The van der Waals surface area contributed by atoms with Crippen molar-refractivity contribution in [3.8, 4) is 5.88 Å². The fourth-order valence-corrected chi connectivity index (χ4v) is 5.79. The molecule has 1 aromatic carbocycles. The number of aromatic nitrogens is 1. The van der Waals surface area contributed by atoms with E-state index in [1.165, 1.54) is 18.1 Å². The lowest BCUT2D eigenvalue weighted by Gasteiger charge is -2.36. The second kappa shape index (κ2) is 8.87. The largest absolute Gasteiger partial charge is 0.481 e. The number of fused-ring (bicyclic) bond motifs is 2. The van der Waals surface area contributed by atoms with Gasteiger partial charge in [0, 0.05) is 42.6 Å². The average Bonchev–Trinajstić information content (AvgIpc) is 3.51. The summed E-state index contributed by atoms with van der Waals surface area (Å²) in [5.41, 5.74) is 2.92. The summed E-state index contributed by atoms with van der Waals surface area (Å²) in [5, 5.41) is 11.9. The third kappa shape index (κ3) is 4.31. The van der Waals surface area contributed by atoms with Crippen molar-refractivity contribution in [3.05, 3.63) is 52.5 Å². The number of benzene rings is 1.